The largest absolute Gasteiger partial charge is 0.497 e. The van der Waals surface area contributed by atoms with E-state index in [2.05, 4.69) is 20.6 Å². The van der Waals surface area contributed by atoms with Crippen molar-refractivity contribution >= 4 is 57.5 Å². The van der Waals surface area contributed by atoms with Gasteiger partial charge in [-0.3, -0.25) is 19.4 Å². The van der Waals surface area contributed by atoms with Crippen LogP contribution in [0, 0.1) is 0 Å². The normalized spacial score (nSPS) is 15.3. The predicted molar refractivity (Wildman–Crippen MR) is 162 cm³/mol. The fraction of sp³-hybridized carbons (Fsp3) is 0.233. The van der Waals surface area contributed by atoms with Crippen molar-refractivity contribution in [2.45, 2.75) is 19.0 Å². The van der Waals surface area contributed by atoms with E-state index in [1.807, 2.05) is 91.8 Å². The Morgan fingerprint density at radius 2 is 1.73 bits per heavy atom. The number of thioether (sulfide) groups is 1. The lowest BCUT2D eigenvalue weighted by Gasteiger charge is -2.25. The number of nitrogens with one attached hydrogen (secondary N) is 2. The summed E-state index contributed by atoms with van der Waals surface area (Å²) >= 11 is 1.15. The van der Waals surface area contributed by atoms with Crippen molar-refractivity contribution in [1.29, 1.82) is 0 Å². The van der Waals surface area contributed by atoms with Crippen LogP contribution >= 0.6 is 11.8 Å². The second kappa shape index (κ2) is 12.3. The third-order valence-electron chi connectivity index (χ3n) is 6.58. The first-order chi connectivity index (χ1) is 19.8. The first-order valence-electron chi connectivity index (χ1n) is 13.0. The van der Waals surface area contributed by atoms with Gasteiger partial charge in [-0.25, -0.2) is 9.89 Å². The van der Waals surface area contributed by atoms with Crippen LogP contribution in [0.15, 0.2) is 82.8 Å². The highest BCUT2D eigenvalue weighted by Gasteiger charge is 2.42. The van der Waals surface area contributed by atoms with Gasteiger partial charge in [-0.1, -0.05) is 36.0 Å². The van der Waals surface area contributed by atoms with Crippen molar-refractivity contribution in [3.05, 3.63) is 83.9 Å². The molecule has 3 aromatic rings. The Labute approximate surface area is 242 Å². The zero-order chi connectivity index (χ0) is 28.9. The van der Waals surface area contributed by atoms with E-state index in [0.29, 0.717) is 34.5 Å². The molecule has 2 heterocycles. The minimum Gasteiger partial charge on any atom is -0.497 e. The zero-order valence-corrected chi connectivity index (χ0v) is 23.8. The van der Waals surface area contributed by atoms with Crippen LogP contribution < -0.4 is 20.3 Å². The lowest BCUT2D eigenvalue weighted by atomic mass is 10.1. The quantitative estimate of drug-likeness (QED) is 0.405. The summed E-state index contributed by atoms with van der Waals surface area (Å²) in [5.41, 5.74) is 3.97. The predicted octanol–water partition coefficient (Wildman–Crippen LogP) is 3.80. The number of amides is 3. The van der Waals surface area contributed by atoms with E-state index >= 15 is 0 Å². The molecule has 0 saturated heterocycles. The minimum atomic E-state index is -0.887. The Balaban J connectivity index is 1.24. The maximum atomic E-state index is 13.5. The van der Waals surface area contributed by atoms with Crippen LogP contribution in [0.25, 0.3) is 0 Å². The number of carbonyl (C=O) groups is 3. The van der Waals surface area contributed by atoms with Gasteiger partial charge in [-0.2, -0.15) is 0 Å². The molecule has 0 aliphatic carbocycles. The van der Waals surface area contributed by atoms with Crippen molar-refractivity contribution < 1.29 is 19.1 Å². The molecule has 0 bridgehead atoms. The molecule has 3 amide bonds. The van der Waals surface area contributed by atoms with Crippen LogP contribution in [0.2, 0.25) is 0 Å². The van der Waals surface area contributed by atoms with Crippen molar-refractivity contribution in [2.75, 3.05) is 37.2 Å². The monoisotopic (exact) mass is 570 g/mol. The van der Waals surface area contributed by atoms with Crippen LogP contribution in [0.3, 0.4) is 0 Å². The second-order valence-corrected chi connectivity index (χ2v) is 10.6. The number of rotatable bonds is 9. The van der Waals surface area contributed by atoms with E-state index in [9.17, 15) is 14.4 Å². The molecule has 1 unspecified atom stereocenters. The third-order valence-corrected chi connectivity index (χ3v) is 7.51. The average molecular weight is 571 g/mol. The van der Waals surface area contributed by atoms with Gasteiger partial charge < -0.3 is 20.3 Å². The molecule has 0 fully saturated rings. The summed E-state index contributed by atoms with van der Waals surface area (Å²) < 4.78 is 5.16. The lowest BCUT2D eigenvalue weighted by molar-refractivity contribution is -0.128. The van der Waals surface area contributed by atoms with Crippen molar-refractivity contribution in [2.24, 2.45) is 9.98 Å². The van der Waals surface area contributed by atoms with Gasteiger partial charge in [-0.05, 0) is 54.1 Å². The van der Waals surface area contributed by atoms with Crippen LogP contribution in [0.4, 0.5) is 17.1 Å². The van der Waals surface area contributed by atoms with E-state index in [4.69, 9.17) is 4.74 Å². The van der Waals surface area contributed by atoms with Crippen LogP contribution in [-0.4, -0.2) is 66.6 Å². The minimum absolute atomic E-state index is 0.0422. The molecule has 0 saturated carbocycles. The molecule has 5 rings (SSSR count). The molecule has 41 heavy (non-hydrogen) atoms. The SMILES string of the molecule is COc1ccc(CNC(=O)CC2N=C3c4ccccc4N=C(SCC(=O)Nc4ccc(N(C)C)cc4)N3C2=O)cc1. The van der Waals surface area contributed by atoms with Crippen molar-refractivity contribution in [3.8, 4) is 5.75 Å². The summed E-state index contributed by atoms with van der Waals surface area (Å²) in [6.45, 7) is 0.322. The molecular weight excluding hydrogens is 540 g/mol. The van der Waals surface area contributed by atoms with Gasteiger partial charge in [0.05, 0.1) is 25.0 Å². The number of benzene rings is 3. The van der Waals surface area contributed by atoms with Crippen LogP contribution in [-0.2, 0) is 20.9 Å². The fourth-order valence-electron chi connectivity index (χ4n) is 4.39. The first-order valence-corrected chi connectivity index (χ1v) is 14.0. The highest BCUT2D eigenvalue weighted by molar-refractivity contribution is 8.14. The number of fused-ring (bicyclic) bond motifs is 3. The maximum Gasteiger partial charge on any atom is 0.259 e. The van der Waals surface area contributed by atoms with Crippen molar-refractivity contribution in [3.63, 3.8) is 0 Å². The van der Waals surface area contributed by atoms with E-state index in [1.54, 1.807) is 7.11 Å². The molecule has 210 valence electrons. The molecule has 2 N–H and O–H groups in total. The molecular formula is C30H30N6O4S. The Hall–Kier alpha value is -4.64. The van der Waals surface area contributed by atoms with E-state index < -0.39 is 6.04 Å². The summed E-state index contributed by atoms with van der Waals surface area (Å²) in [6, 6.07) is 21.4. The maximum absolute atomic E-state index is 13.5. The lowest BCUT2D eigenvalue weighted by Crippen LogP contribution is -2.42. The number of amidine groups is 2. The summed E-state index contributed by atoms with van der Waals surface area (Å²) in [6.07, 6.45) is -0.0987. The summed E-state index contributed by atoms with van der Waals surface area (Å²) in [5, 5.41) is 6.09. The van der Waals surface area contributed by atoms with Gasteiger partial charge in [0.1, 0.15) is 17.6 Å². The third kappa shape index (κ3) is 6.41. The molecule has 11 heteroatoms. The molecule has 2 aliphatic heterocycles. The van der Waals surface area contributed by atoms with Gasteiger partial charge in [0.25, 0.3) is 5.91 Å². The standard InChI is InChI=1S/C30H30N6O4S/c1-35(2)21-12-10-20(11-13-21)32-27(38)18-41-30-34-24-7-5-4-6-23(24)28-33-25(29(39)36(28)30)16-26(37)31-17-19-8-14-22(40-3)15-9-19/h4-15,25H,16-18H2,1-3H3,(H,31,37)(H,32,38). The van der Waals surface area contributed by atoms with Crippen molar-refractivity contribution in [1.82, 2.24) is 10.2 Å². The topological polar surface area (TPSA) is 116 Å². The Morgan fingerprint density at radius 1 is 1.00 bits per heavy atom. The summed E-state index contributed by atoms with van der Waals surface area (Å²) in [5.74, 6) is 0.350. The number of carbonyl (C=O) groups excluding carboxylic acids is 3. The van der Waals surface area contributed by atoms with E-state index in [-0.39, 0.29) is 29.9 Å². The number of ether oxygens (including phenoxy) is 1. The first kappa shape index (κ1) is 27.9. The summed E-state index contributed by atoms with van der Waals surface area (Å²) in [7, 11) is 5.49. The fourth-order valence-corrected chi connectivity index (χ4v) is 5.19. The van der Waals surface area contributed by atoms with Crippen LogP contribution in [0.1, 0.15) is 17.5 Å². The van der Waals surface area contributed by atoms with Gasteiger partial charge in [-0.15, -0.1) is 0 Å². The number of para-hydroxylation sites is 1. The Kier molecular flexibility index (Phi) is 8.34. The number of anilines is 2. The highest BCUT2D eigenvalue weighted by atomic mass is 32.2. The molecule has 2 aliphatic rings. The number of aliphatic imine (C=N–C) groups is 2. The molecule has 0 spiro atoms. The Bertz CT molecular complexity index is 1520. The number of hydrogen-bond acceptors (Lipinski definition) is 8. The van der Waals surface area contributed by atoms with Crippen LogP contribution in [0.5, 0.6) is 5.75 Å². The molecule has 3 aromatic carbocycles. The number of methoxy groups -OCH3 is 1. The summed E-state index contributed by atoms with van der Waals surface area (Å²) in [4.78, 5) is 51.7. The van der Waals surface area contributed by atoms with E-state index in [0.717, 1.165) is 28.8 Å². The van der Waals surface area contributed by atoms with Gasteiger partial charge >= 0.3 is 0 Å². The van der Waals surface area contributed by atoms with E-state index in [1.165, 1.54) is 4.90 Å². The molecule has 0 aromatic heterocycles. The second-order valence-electron chi connectivity index (χ2n) is 9.66. The average Bonchev–Trinajstić information content (AvgIpc) is 3.31. The van der Waals surface area contributed by atoms with Gasteiger partial charge in [0.15, 0.2) is 5.17 Å². The molecule has 0 radical (unpaired) electrons. The van der Waals surface area contributed by atoms with Gasteiger partial charge in [0.2, 0.25) is 11.8 Å². The highest BCUT2D eigenvalue weighted by Crippen LogP contribution is 2.34. The smallest absolute Gasteiger partial charge is 0.259 e. The number of nitrogens with zero attached hydrogens (tertiary/aromatic N) is 4. The van der Waals surface area contributed by atoms with Gasteiger partial charge in [0, 0.05) is 37.6 Å². The molecule has 1 atom stereocenters. The Morgan fingerprint density at radius 3 is 2.44 bits per heavy atom. The molecule has 10 nitrogen and oxygen atoms in total. The number of hydrogen-bond donors (Lipinski definition) is 2. The zero-order valence-electron chi connectivity index (χ0n) is 23.0.